The monoisotopic (exact) mass is 593 g/mol. The average molecular weight is 594 g/mol. The molecule has 1 saturated heterocycles. The SMILES string of the molecule is CCN(Cc1ccccc1)S(=O)(=O)c1ccc(C(=O)NCCN2CCN(c3nc4c(OC)cccc4s3)CC2)cc1. The standard InChI is InChI=1S/C30H35N5O4S2/c1-3-35(22-23-8-5-4-6-9-23)41(37,38)25-14-12-24(13-15-25)29(36)31-16-17-33-18-20-34(21-19-33)30-32-28-26(39-2)10-7-11-27(28)40-30/h4-15H,3,16-22H2,1-2H3,(H,31,36). The number of rotatable bonds is 11. The second-order valence-electron chi connectivity index (χ2n) is 9.83. The number of para-hydroxylation sites is 1. The largest absolute Gasteiger partial charge is 0.494 e. The molecule has 1 aliphatic rings. The minimum atomic E-state index is -3.68. The number of carbonyl (C=O) groups excluding carboxylic acids is 1. The van der Waals surface area contributed by atoms with Crippen molar-refractivity contribution in [2.24, 2.45) is 0 Å². The average Bonchev–Trinajstić information content (AvgIpc) is 3.45. The van der Waals surface area contributed by atoms with Gasteiger partial charge in [-0.2, -0.15) is 4.31 Å². The van der Waals surface area contributed by atoms with E-state index in [1.165, 1.54) is 16.4 Å². The molecule has 1 aliphatic heterocycles. The summed E-state index contributed by atoms with van der Waals surface area (Å²) in [5.41, 5.74) is 2.26. The van der Waals surface area contributed by atoms with Gasteiger partial charge in [-0.15, -0.1) is 0 Å². The molecule has 0 aliphatic carbocycles. The number of benzene rings is 3. The molecule has 5 rings (SSSR count). The van der Waals surface area contributed by atoms with Gasteiger partial charge in [0.25, 0.3) is 5.91 Å². The zero-order valence-corrected chi connectivity index (χ0v) is 25.0. The van der Waals surface area contributed by atoms with Crippen LogP contribution in [-0.2, 0) is 16.6 Å². The van der Waals surface area contributed by atoms with Crippen LogP contribution in [0.1, 0.15) is 22.8 Å². The summed E-state index contributed by atoms with van der Waals surface area (Å²) in [6.45, 7) is 7.21. The van der Waals surface area contributed by atoms with E-state index in [9.17, 15) is 13.2 Å². The molecule has 0 bridgehead atoms. The van der Waals surface area contributed by atoms with Crippen molar-refractivity contribution >= 4 is 42.6 Å². The van der Waals surface area contributed by atoms with E-state index in [1.807, 2.05) is 49.4 Å². The third kappa shape index (κ3) is 6.70. The van der Waals surface area contributed by atoms with Crippen LogP contribution in [0.4, 0.5) is 5.13 Å². The number of nitrogens with zero attached hydrogens (tertiary/aromatic N) is 4. The molecule has 1 fully saturated rings. The van der Waals surface area contributed by atoms with E-state index in [0.29, 0.717) is 25.2 Å². The third-order valence-electron chi connectivity index (χ3n) is 7.26. The summed E-state index contributed by atoms with van der Waals surface area (Å²) >= 11 is 1.68. The molecular weight excluding hydrogens is 558 g/mol. The normalized spacial score (nSPS) is 14.5. The number of anilines is 1. The maximum atomic E-state index is 13.2. The van der Waals surface area contributed by atoms with Crippen molar-refractivity contribution < 1.29 is 17.9 Å². The Bertz CT molecular complexity index is 1570. The zero-order valence-electron chi connectivity index (χ0n) is 23.3. The molecule has 4 aromatic rings. The summed E-state index contributed by atoms with van der Waals surface area (Å²) in [7, 11) is -2.01. The number of amides is 1. The molecule has 216 valence electrons. The molecule has 1 aromatic heterocycles. The number of hydrogen-bond acceptors (Lipinski definition) is 8. The molecule has 41 heavy (non-hydrogen) atoms. The third-order valence-corrected chi connectivity index (χ3v) is 10.3. The van der Waals surface area contributed by atoms with Crippen LogP contribution in [0.3, 0.4) is 0 Å². The maximum Gasteiger partial charge on any atom is 0.251 e. The Hall–Kier alpha value is -3.51. The van der Waals surface area contributed by atoms with E-state index in [-0.39, 0.29) is 10.8 Å². The lowest BCUT2D eigenvalue weighted by molar-refractivity contribution is 0.0947. The Balaban J connectivity index is 1.10. The first-order valence-corrected chi connectivity index (χ1v) is 16.0. The molecule has 0 unspecified atom stereocenters. The van der Waals surface area contributed by atoms with Gasteiger partial charge in [-0.25, -0.2) is 13.4 Å². The number of fused-ring (bicyclic) bond motifs is 1. The van der Waals surface area contributed by atoms with Crippen molar-refractivity contribution in [2.45, 2.75) is 18.4 Å². The predicted octanol–water partition coefficient (Wildman–Crippen LogP) is 4.07. The molecule has 0 saturated carbocycles. The molecular formula is C30H35N5O4S2. The summed E-state index contributed by atoms with van der Waals surface area (Å²) in [5.74, 6) is 0.578. The van der Waals surface area contributed by atoms with Crippen LogP contribution in [0, 0.1) is 0 Å². The Morgan fingerprint density at radius 2 is 1.73 bits per heavy atom. The Morgan fingerprint density at radius 3 is 2.41 bits per heavy atom. The van der Waals surface area contributed by atoms with E-state index in [0.717, 1.165) is 59.4 Å². The van der Waals surface area contributed by atoms with Gasteiger partial charge in [-0.05, 0) is 42.0 Å². The zero-order chi connectivity index (χ0) is 28.8. The van der Waals surface area contributed by atoms with Crippen LogP contribution in [0.25, 0.3) is 10.2 Å². The van der Waals surface area contributed by atoms with Crippen LogP contribution < -0.4 is 15.0 Å². The van der Waals surface area contributed by atoms with Crippen LogP contribution in [-0.4, -0.2) is 81.4 Å². The topological polar surface area (TPSA) is 95.1 Å². The van der Waals surface area contributed by atoms with Crippen LogP contribution in [0.5, 0.6) is 5.75 Å². The number of aromatic nitrogens is 1. The van der Waals surface area contributed by atoms with E-state index in [2.05, 4.69) is 21.2 Å². The van der Waals surface area contributed by atoms with Gasteiger partial charge >= 0.3 is 0 Å². The highest BCUT2D eigenvalue weighted by molar-refractivity contribution is 7.89. The van der Waals surface area contributed by atoms with Gasteiger partial charge in [-0.1, -0.05) is 54.7 Å². The predicted molar refractivity (Wildman–Crippen MR) is 163 cm³/mol. The number of ether oxygens (including phenoxy) is 1. The summed E-state index contributed by atoms with van der Waals surface area (Å²) in [5, 5.41) is 3.97. The first-order chi connectivity index (χ1) is 19.9. The molecule has 0 spiro atoms. The summed E-state index contributed by atoms with van der Waals surface area (Å²) in [6.07, 6.45) is 0. The lowest BCUT2D eigenvalue weighted by Crippen LogP contribution is -2.48. The lowest BCUT2D eigenvalue weighted by atomic mass is 10.2. The fraction of sp³-hybridized carbons (Fsp3) is 0.333. The number of carbonyl (C=O) groups is 1. The van der Waals surface area contributed by atoms with Crippen LogP contribution in [0.15, 0.2) is 77.7 Å². The van der Waals surface area contributed by atoms with Gasteiger partial charge in [0.2, 0.25) is 10.0 Å². The highest BCUT2D eigenvalue weighted by Crippen LogP contribution is 2.34. The van der Waals surface area contributed by atoms with Crippen molar-refractivity contribution in [3.8, 4) is 5.75 Å². The van der Waals surface area contributed by atoms with Crippen LogP contribution in [0.2, 0.25) is 0 Å². The van der Waals surface area contributed by atoms with Gasteiger partial charge < -0.3 is 15.0 Å². The summed E-state index contributed by atoms with van der Waals surface area (Å²) in [4.78, 5) is 22.4. The number of nitrogens with one attached hydrogen (secondary N) is 1. The number of methoxy groups -OCH3 is 1. The van der Waals surface area contributed by atoms with E-state index in [4.69, 9.17) is 9.72 Å². The number of sulfonamides is 1. The molecule has 3 aromatic carbocycles. The summed E-state index contributed by atoms with van der Waals surface area (Å²) < 4.78 is 34.4. The molecule has 0 atom stereocenters. The first-order valence-electron chi connectivity index (χ1n) is 13.7. The van der Waals surface area contributed by atoms with E-state index in [1.54, 1.807) is 30.6 Å². The van der Waals surface area contributed by atoms with Crippen molar-refractivity contribution in [1.82, 2.24) is 19.5 Å². The minimum absolute atomic E-state index is 0.177. The van der Waals surface area contributed by atoms with Crippen molar-refractivity contribution in [3.63, 3.8) is 0 Å². The fourth-order valence-electron chi connectivity index (χ4n) is 4.89. The van der Waals surface area contributed by atoms with Crippen molar-refractivity contribution in [1.29, 1.82) is 0 Å². The molecule has 9 nitrogen and oxygen atoms in total. The van der Waals surface area contributed by atoms with Crippen LogP contribution >= 0.6 is 11.3 Å². The van der Waals surface area contributed by atoms with Gasteiger partial charge in [0.05, 0.1) is 16.7 Å². The van der Waals surface area contributed by atoms with Gasteiger partial charge in [-0.3, -0.25) is 9.69 Å². The van der Waals surface area contributed by atoms with Gasteiger partial charge in [0.1, 0.15) is 11.3 Å². The highest BCUT2D eigenvalue weighted by Gasteiger charge is 2.24. The number of thiazole rings is 1. The molecule has 11 heteroatoms. The second-order valence-corrected chi connectivity index (χ2v) is 12.8. The quantitative estimate of drug-likeness (QED) is 0.280. The van der Waals surface area contributed by atoms with E-state index >= 15 is 0 Å². The molecule has 2 heterocycles. The fourth-order valence-corrected chi connectivity index (χ4v) is 7.36. The molecule has 0 radical (unpaired) electrons. The number of piperazine rings is 1. The maximum absolute atomic E-state index is 13.2. The summed E-state index contributed by atoms with van der Waals surface area (Å²) in [6, 6.07) is 21.7. The Kier molecular flexibility index (Phi) is 9.19. The molecule has 1 amide bonds. The Morgan fingerprint density at radius 1 is 1.00 bits per heavy atom. The van der Waals surface area contributed by atoms with Gasteiger partial charge in [0, 0.05) is 57.9 Å². The molecule has 1 N–H and O–H groups in total. The Labute approximate surface area is 245 Å². The second kappa shape index (κ2) is 13.0. The number of hydrogen-bond donors (Lipinski definition) is 1. The van der Waals surface area contributed by atoms with Crippen molar-refractivity contribution in [2.75, 3.05) is 57.8 Å². The highest BCUT2D eigenvalue weighted by atomic mass is 32.2. The smallest absolute Gasteiger partial charge is 0.251 e. The lowest BCUT2D eigenvalue weighted by Gasteiger charge is -2.34. The van der Waals surface area contributed by atoms with Crippen molar-refractivity contribution in [3.05, 3.63) is 83.9 Å². The van der Waals surface area contributed by atoms with E-state index < -0.39 is 10.0 Å². The van der Waals surface area contributed by atoms with Gasteiger partial charge in [0.15, 0.2) is 5.13 Å². The minimum Gasteiger partial charge on any atom is -0.494 e. The first kappa shape index (κ1) is 29.0.